The van der Waals surface area contributed by atoms with E-state index in [-0.39, 0.29) is 22.4 Å². The van der Waals surface area contributed by atoms with Crippen LogP contribution in [0.15, 0.2) is 23.1 Å². The second-order valence-corrected chi connectivity index (χ2v) is 7.25. The summed E-state index contributed by atoms with van der Waals surface area (Å²) in [4.78, 5) is 12.1. The zero-order valence-electron chi connectivity index (χ0n) is 11.4. The molecule has 20 heavy (non-hydrogen) atoms. The van der Waals surface area contributed by atoms with Crippen LogP contribution in [0.3, 0.4) is 0 Å². The molecule has 6 heteroatoms. The van der Waals surface area contributed by atoms with Crippen LogP contribution in [-0.4, -0.2) is 20.6 Å². The highest BCUT2D eigenvalue weighted by atomic mass is 32.2. The van der Waals surface area contributed by atoms with Crippen molar-refractivity contribution in [1.82, 2.24) is 0 Å². The van der Waals surface area contributed by atoms with Gasteiger partial charge in [-0.1, -0.05) is 19.3 Å². The van der Waals surface area contributed by atoms with Gasteiger partial charge in [0.1, 0.15) is 5.82 Å². The van der Waals surface area contributed by atoms with Gasteiger partial charge in [-0.2, -0.15) is 0 Å². The van der Waals surface area contributed by atoms with Gasteiger partial charge in [0.2, 0.25) is 5.91 Å². The first-order valence-corrected chi connectivity index (χ1v) is 8.57. The van der Waals surface area contributed by atoms with Gasteiger partial charge in [-0.15, -0.1) is 0 Å². The Balaban J connectivity index is 2.18. The van der Waals surface area contributed by atoms with Crippen LogP contribution >= 0.6 is 0 Å². The number of hydrogen-bond acceptors (Lipinski definition) is 3. The highest BCUT2D eigenvalue weighted by Crippen LogP contribution is 2.26. The number of halogens is 1. The highest BCUT2D eigenvalue weighted by molar-refractivity contribution is 7.90. The first-order valence-electron chi connectivity index (χ1n) is 6.68. The summed E-state index contributed by atoms with van der Waals surface area (Å²) in [5.74, 6) is -0.958. The summed E-state index contributed by atoms with van der Waals surface area (Å²) in [7, 11) is -3.42. The number of benzene rings is 1. The van der Waals surface area contributed by atoms with Crippen LogP contribution in [0.4, 0.5) is 10.1 Å². The fraction of sp³-hybridized carbons (Fsp3) is 0.500. The molecule has 0 radical (unpaired) electrons. The van der Waals surface area contributed by atoms with E-state index in [0.29, 0.717) is 0 Å². The SMILES string of the molecule is CS(=O)(=O)c1ccc(F)c(NC(=O)C2CCCCC2)c1. The van der Waals surface area contributed by atoms with E-state index < -0.39 is 15.7 Å². The monoisotopic (exact) mass is 299 g/mol. The van der Waals surface area contributed by atoms with E-state index in [1.807, 2.05) is 0 Å². The molecule has 4 nitrogen and oxygen atoms in total. The molecule has 1 aromatic rings. The summed E-state index contributed by atoms with van der Waals surface area (Å²) >= 11 is 0. The van der Waals surface area contributed by atoms with Crippen LogP contribution < -0.4 is 5.32 Å². The highest BCUT2D eigenvalue weighted by Gasteiger charge is 2.22. The molecule has 0 heterocycles. The number of nitrogens with one attached hydrogen (secondary N) is 1. The zero-order valence-corrected chi connectivity index (χ0v) is 12.2. The fourth-order valence-corrected chi connectivity index (χ4v) is 3.08. The molecule has 0 aromatic heterocycles. The second-order valence-electron chi connectivity index (χ2n) is 5.24. The molecule has 1 fully saturated rings. The van der Waals surface area contributed by atoms with Gasteiger partial charge < -0.3 is 5.32 Å². The molecule has 1 aliphatic rings. The Labute approximate surface area is 118 Å². The molecule has 0 unspecified atom stereocenters. The molecular weight excluding hydrogens is 281 g/mol. The van der Waals surface area contributed by atoms with E-state index in [9.17, 15) is 17.6 Å². The molecular formula is C14H18FNO3S. The molecule has 0 saturated heterocycles. The van der Waals surface area contributed by atoms with Crippen molar-refractivity contribution in [3.8, 4) is 0 Å². The van der Waals surface area contributed by atoms with Crippen LogP contribution in [0.2, 0.25) is 0 Å². The summed E-state index contributed by atoms with van der Waals surface area (Å²) in [6.07, 6.45) is 5.79. The van der Waals surface area contributed by atoms with Gasteiger partial charge in [0.05, 0.1) is 10.6 Å². The average molecular weight is 299 g/mol. The van der Waals surface area contributed by atoms with E-state index in [2.05, 4.69) is 5.32 Å². The smallest absolute Gasteiger partial charge is 0.227 e. The molecule has 1 aromatic carbocycles. The van der Waals surface area contributed by atoms with Crippen LogP contribution in [0.5, 0.6) is 0 Å². The minimum Gasteiger partial charge on any atom is -0.323 e. The topological polar surface area (TPSA) is 63.2 Å². The Bertz CT molecular complexity index is 607. The Morgan fingerprint density at radius 3 is 2.50 bits per heavy atom. The van der Waals surface area contributed by atoms with Gasteiger partial charge in [-0.3, -0.25) is 4.79 Å². The summed E-state index contributed by atoms with van der Waals surface area (Å²) in [5.41, 5.74) is -0.0662. The van der Waals surface area contributed by atoms with Gasteiger partial charge in [0.15, 0.2) is 9.84 Å². The van der Waals surface area contributed by atoms with Crippen molar-refractivity contribution in [2.45, 2.75) is 37.0 Å². The lowest BCUT2D eigenvalue weighted by Gasteiger charge is -2.21. The third-order valence-corrected chi connectivity index (χ3v) is 4.71. The lowest BCUT2D eigenvalue weighted by molar-refractivity contribution is -0.120. The third-order valence-electron chi connectivity index (χ3n) is 3.60. The summed E-state index contributed by atoms with van der Waals surface area (Å²) in [6.45, 7) is 0. The Hall–Kier alpha value is -1.43. The molecule has 0 atom stereocenters. The molecule has 0 spiro atoms. The van der Waals surface area contributed by atoms with Gasteiger partial charge in [0, 0.05) is 12.2 Å². The molecule has 1 N–H and O–H groups in total. The zero-order chi connectivity index (χ0) is 14.8. The standard InChI is InChI=1S/C14H18FNO3S/c1-20(18,19)11-7-8-12(15)13(9-11)16-14(17)10-5-3-2-4-6-10/h7-10H,2-6H2,1H3,(H,16,17). The Morgan fingerprint density at radius 1 is 1.25 bits per heavy atom. The van der Waals surface area contributed by atoms with E-state index in [1.165, 1.54) is 12.1 Å². The van der Waals surface area contributed by atoms with Crippen LogP contribution in [0.1, 0.15) is 32.1 Å². The molecule has 0 bridgehead atoms. The summed E-state index contributed by atoms with van der Waals surface area (Å²) in [5, 5.41) is 2.51. The van der Waals surface area contributed by atoms with Gasteiger partial charge in [-0.05, 0) is 31.0 Å². The maximum Gasteiger partial charge on any atom is 0.227 e. The van der Waals surface area contributed by atoms with E-state index in [4.69, 9.17) is 0 Å². The van der Waals surface area contributed by atoms with Crippen LogP contribution in [0, 0.1) is 11.7 Å². The minimum atomic E-state index is -3.42. The third kappa shape index (κ3) is 3.56. The maximum absolute atomic E-state index is 13.7. The largest absolute Gasteiger partial charge is 0.323 e. The quantitative estimate of drug-likeness (QED) is 0.873. The molecule has 1 amide bonds. The van der Waals surface area contributed by atoms with Crippen molar-refractivity contribution in [2.24, 2.45) is 5.92 Å². The lowest BCUT2D eigenvalue weighted by Crippen LogP contribution is -2.25. The molecule has 0 aliphatic heterocycles. The van der Waals surface area contributed by atoms with E-state index in [1.54, 1.807) is 0 Å². The van der Waals surface area contributed by atoms with Crippen molar-refractivity contribution in [3.05, 3.63) is 24.0 Å². The maximum atomic E-state index is 13.7. The van der Waals surface area contributed by atoms with Crippen LogP contribution in [-0.2, 0) is 14.6 Å². The summed E-state index contributed by atoms with van der Waals surface area (Å²) in [6, 6.07) is 3.43. The molecule has 2 rings (SSSR count). The number of hydrogen-bond donors (Lipinski definition) is 1. The van der Waals surface area contributed by atoms with Crippen molar-refractivity contribution >= 4 is 21.4 Å². The lowest BCUT2D eigenvalue weighted by atomic mass is 9.88. The van der Waals surface area contributed by atoms with Crippen LogP contribution in [0.25, 0.3) is 0 Å². The van der Waals surface area contributed by atoms with Crippen molar-refractivity contribution in [2.75, 3.05) is 11.6 Å². The van der Waals surface area contributed by atoms with E-state index >= 15 is 0 Å². The predicted octanol–water partition coefficient (Wildman–Crippen LogP) is 2.75. The van der Waals surface area contributed by atoms with Gasteiger partial charge in [0.25, 0.3) is 0 Å². The average Bonchev–Trinajstić information content (AvgIpc) is 2.41. The number of carbonyl (C=O) groups is 1. The van der Waals surface area contributed by atoms with Crippen molar-refractivity contribution in [3.63, 3.8) is 0 Å². The number of sulfone groups is 1. The first-order chi connectivity index (χ1) is 9.38. The molecule has 110 valence electrons. The molecule has 1 saturated carbocycles. The minimum absolute atomic E-state index is 0.00200. The second kappa shape index (κ2) is 5.91. The summed E-state index contributed by atoms with van der Waals surface area (Å²) < 4.78 is 36.6. The Kier molecular flexibility index (Phi) is 4.42. The number of anilines is 1. The van der Waals surface area contributed by atoms with Crippen molar-refractivity contribution in [1.29, 1.82) is 0 Å². The number of amides is 1. The Morgan fingerprint density at radius 2 is 1.90 bits per heavy atom. The van der Waals surface area contributed by atoms with Gasteiger partial charge >= 0.3 is 0 Å². The fourth-order valence-electron chi connectivity index (χ4n) is 2.43. The normalized spacial score (nSPS) is 16.9. The molecule has 1 aliphatic carbocycles. The van der Waals surface area contributed by atoms with E-state index in [0.717, 1.165) is 44.4 Å². The van der Waals surface area contributed by atoms with Crippen molar-refractivity contribution < 1.29 is 17.6 Å². The number of carbonyl (C=O) groups excluding carboxylic acids is 1. The number of rotatable bonds is 3. The predicted molar refractivity (Wildman–Crippen MR) is 74.7 cm³/mol. The van der Waals surface area contributed by atoms with Gasteiger partial charge in [-0.25, -0.2) is 12.8 Å². The first kappa shape index (κ1) is 15.0.